The summed E-state index contributed by atoms with van der Waals surface area (Å²) in [6, 6.07) is 7.03. The lowest BCUT2D eigenvalue weighted by molar-refractivity contribution is 0.335. The van der Waals surface area contributed by atoms with Crippen LogP contribution in [0.2, 0.25) is 0 Å². The van der Waals surface area contributed by atoms with Crippen LogP contribution in [0.3, 0.4) is 0 Å². The summed E-state index contributed by atoms with van der Waals surface area (Å²) in [5, 5.41) is 0. The third kappa shape index (κ3) is 2.67. The van der Waals surface area contributed by atoms with E-state index in [-0.39, 0.29) is 12.1 Å². The van der Waals surface area contributed by atoms with E-state index in [0.29, 0.717) is 4.90 Å². The molecule has 0 saturated heterocycles. The highest BCUT2D eigenvalue weighted by molar-refractivity contribution is 7.89. The van der Waals surface area contributed by atoms with Crippen molar-refractivity contribution in [2.45, 2.75) is 57.5 Å². The van der Waals surface area contributed by atoms with Crippen LogP contribution < -0.4 is 0 Å². The molecule has 4 heteroatoms. The Morgan fingerprint density at radius 3 is 2.30 bits per heavy atom. The Labute approximate surface area is 122 Å². The maximum Gasteiger partial charge on any atom is 0.244 e. The molecule has 3 nitrogen and oxygen atoms in total. The maximum atomic E-state index is 12.9. The van der Waals surface area contributed by atoms with Gasteiger partial charge in [0.1, 0.15) is 0 Å². The highest BCUT2D eigenvalue weighted by Gasteiger charge is 2.38. The van der Waals surface area contributed by atoms with Gasteiger partial charge in [-0.2, -0.15) is 4.31 Å². The molecule has 0 saturated carbocycles. The van der Waals surface area contributed by atoms with Crippen molar-refractivity contribution in [3.8, 4) is 0 Å². The molecule has 0 unspecified atom stereocenters. The Hall–Kier alpha value is -1.13. The molecule has 1 heterocycles. The number of nitrogens with zero attached hydrogens (tertiary/aromatic N) is 1. The van der Waals surface area contributed by atoms with Crippen molar-refractivity contribution < 1.29 is 8.42 Å². The van der Waals surface area contributed by atoms with Crippen LogP contribution in [0, 0.1) is 6.92 Å². The summed E-state index contributed by atoms with van der Waals surface area (Å²) >= 11 is 0. The summed E-state index contributed by atoms with van der Waals surface area (Å²) in [4.78, 5) is 0.388. The molecule has 0 aliphatic carbocycles. The van der Waals surface area contributed by atoms with Gasteiger partial charge in [0.25, 0.3) is 0 Å². The number of benzene rings is 1. The summed E-state index contributed by atoms with van der Waals surface area (Å²) in [6.45, 7) is 8.02. The van der Waals surface area contributed by atoms with Gasteiger partial charge in [-0.1, -0.05) is 42.7 Å². The van der Waals surface area contributed by atoms with E-state index >= 15 is 0 Å². The second kappa shape index (κ2) is 5.70. The third-order valence-corrected chi connectivity index (χ3v) is 6.01. The lowest BCUT2D eigenvalue weighted by atomic mass is 10.1. The molecular weight excluding hydrogens is 270 g/mol. The molecule has 0 spiro atoms. The van der Waals surface area contributed by atoms with Gasteiger partial charge in [0.15, 0.2) is 0 Å². The van der Waals surface area contributed by atoms with E-state index in [9.17, 15) is 8.42 Å². The van der Waals surface area contributed by atoms with Crippen molar-refractivity contribution in [1.29, 1.82) is 0 Å². The molecule has 0 N–H and O–H groups in total. The van der Waals surface area contributed by atoms with Gasteiger partial charge < -0.3 is 0 Å². The van der Waals surface area contributed by atoms with Gasteiger partial charge in [0, 0.05) is 12.1 Å². The van der Waals surface area contributed by atoms with E-state index in [0.717, 1.165) is 24.0 Å². The molecule has 0 aromatic heterocycles. The Morgan fingerprint density at radius 1 is 1.15 bits per heavy atom. The van der Waals surface area contributed by atoms with E-state index < -0.39 is 10.0 Å². The maximum absolute atomic E-state index is 12.9. The largest absolute Gasteiger partial charge is 0.244 e. The summed E-state index contributed by atoms with van der Waals surface area (Å²) < 4.78 is 27.4. The number of hydrogen-bond acceptors (Lipinski definition) is 2. The number of aryl methyl sites for hydroxylation is 1. The lowest BCUT2D eigenvalue weighted by Gasteiger charge is -2.28. The summed E-state index contributed by atoms with van der Waals surface area (Å²) in [7, 11) is -3.43. The van der Waals surface area contributed by atoms with Crippen LogP contribution in [0.25, 0.3) is 0 Å². The van der Waals surface area contributed by atoms with Gasteiger partial charge in [-0.25, -0.2) is 8.42 Å². The Morgan fingerprint density at radius 2 is 1.75 bits per heavy atom. The van der Waals surface area contributed by atoms with Gasteiger partial charge in [-0.15, -0.1) is 0 Å². The lowest BCUT2D eigenvalue weighted by Crippen LogP contribution is -2.41. The zero-order chi connectivity index (χ0) is 14.9. The zero-order valence-electron chi connectivity index (χ0n) is 12.6. The van der Waals surface area contributed by atoms with Crippen LogP contribution >= 0.6 is 0 Å². The molecule has 2 rings (SSSR count). The topological polar surface area (TPSA) is 37.4 Å². The van der Waals surface area contributed by atoms with Crippen LogP contribution in [-0.2, 0) is 10.0 Å². The highest BCUT2D eigenvalue weighted by Crippen LogP contribution is 2.32. The standard InChI is InChI=1S/C16H23NO2S/c1-5-6-15-11-13(3)14(4)17(15)20(18,19)16-9-7-12(2)8-10-16/h7-11,14-15H,5-6H2,1-4H3/t14-,15+/m0/s1. The SMILES string of the molecule is CCC[C@@H]1C=C(C)[C@H](C)N1S(=O)(=O)c1ccc(C)cc1. The van der Waals surface area contributed by atoms with Crippen molar-refractivity contribution in [1.82, 2.24) is 4.31 Å². The van der Waals surface area contributed by atoms with E-state index in [1.807, 2.05) is 32.9 Å². The van der Waals surface area contributed by atoms with Crippen molar-refractivity contribution >= 4 is 10.0 Å². The minimum absolute atomic E-state index is 0.0127. The Balaban J connectivity index is 2.40. The Bertz CT molecular complexity index is 602. The van der Waals surface area contributed by atoms with Crippen LogP contribution in [0.15, 0.2) is 40.8 Å². The van der Waals surface area contributed by atoms with Gasteiger partial charge in [-0.05, 0) is 39.3 Å². The molecular formula is C16H23NO2S. The van der Waals surface area contributed by atoms with E-state index in [1.165, 1.54) is 0 Å². The first kappa shape index (κ1) is 15.3. The number of sulfonamides is 1. The molecule has 1 aliphatic heterocycles. The average Bonchev–Trinajstić information content (AvgIpc) is 2.66. The second-order valence-corrected chi connectivity index (χ2v) is 7.43. The number of rotatable bonds is 4. The minimum Gasteiger partial charge on any atom is -0.207 e. The normalized spacial score (nSPS) is 23.9. The van der Waals surface area contributed by atoms with E-state index in [1.54, 1.807) is 16.4 Å². The molecule has 1 aliphatic rings. The smallest absolute Gasteiger partial charge is 0.207 e. The van der Waals surface area contributed by atoms with Crippen LogP contribution in [-0.4, -0.2) is 24.8 Å². The third-order valence-electron chi connectivity index (χ3n) is 4.00. The molecule has 1 aromatic carbocycles. The monoisotopic (exact) mass is 293 g/mol. The molecule has 0 amide bonds. The minimum atomic E-state index is -3.43. The van der Waals surface area contributed by atoms with Crippen LogP contribution in [0.5, 0.6) is 0 Å². The van der Waals surface area contributed by atoms with Crippen LogP contribution in [0.1, 0.15) is 39.2 Å². The van der Waals surface area contributed by atoms with Gasteiger partial charge >= 0.3 is 0 Å². The number of hydrogen-bond donors (Lipinski definition) is 0. The van der Waals surface area contributed by atoms with Gasteiger partial charge in [0.05, 0.1) is 4.90 Å². The molecule has 0 bridgehead atoms. The van der Waals surface area contributed by atoms with Crippen molar-refractivity contribution in [3.63, 3.8) is 0 Å². The zero-order valence-corrected chi connectivity index (χ0v) is 13.4. The van der Waals surface area contributed by atoms with E-state index in [4.69, 9.17) is 0 Å². The molecule has 2 atom stereocenters. The highest BCUT2D eigenvalue weighted by atomic mass is 32.2. The molecule has 1 aromatic rings. The predicted molar refractivity (Wildman–Crippen MR) is 82.1 cm³/mol. The summed E-state index contributed by atoms with van der Waals surface area (Å²) in [6.07, 6.45) is 3.94. The van der Waals surface area contributed by atoms with Crippen molar-refractivity contribution in [3.05, 3.63) is 41.5 Å². The second-order valence-electron chi connectivity index (χ2n) is 5.59. The first-order chi connectivity index (χ1) is 9.37. The molecule has 110 valence electrons. The predicted octanol–water partition coefficient (Wildman–Crippen LogP) is 3.50. The van der Waals surface area contributed by atoms with Crippen LogP contribution in [0.4, 0.5) is 0 Å². The summed E-state index contributed by atoms with van der Waals surface area (Å²) in [5.41, 5.74) is 2.21. The fourth-order valence-corrected chi connectivity index (χ4v) is 4.56. The Kier molecular flexibility index (Phi) is 4.35. The fourth-order valence-electron chi connectivity index (χ4n) is 2.73. The first-order valence-corrected chi connectivity index (χ1v) is 8.60. The van der Waals surface area contributed by atoms with Gasteiger partial charge in [0.2, 0.25) is 10.0 Å². The van der Waals surface area contributed by atoms with Crippen molar-refractivity contribution in [2.24, 2.45) is 0 Å². The molecule has 20 heavy (non-hydrogen) atoms. The molecule has 0 radical (unpaired) electrons. The quantitative estimate of drug-likeness (QED) is 0.797. The summed E-state index contributed by atoms with van der Waals surface area (Å²) in [5.74, 6) is 0. The average molecular weight is 293 g/mol. The fraction of sp³-hybridized carbons (Fsp3) is 0.500. The van der Waals surface area contributed by atoms with Crippen molar-refractivity contribution in [2.75, 3.05) is 0 Å². The molecule has 0 fully saturated rings. The first-order valence-electron chi connectivity index (χ1n) is 7.16. The van der Waals surface area contributed by atoms with E-state index in [2.05, 4.69) is 13.0 Å². The van der Waals surface area contributed by atoms with Gasteiger partial charge in [-0.3, -0.25) is 0 Å².